The Morgan fingerprint density at radius 3 is 2.45 bits per heavy atom. The fourth-order valence-electron chi connectivity index (χ4n) is 3.80. The van der Waals surface area contributed by atoms with Gasteiger partial charge in [-0.2, -0.15) is 10.5 Å². The summed E-state index contributed by atoms with van der Waals surface area (Å²) in [6.07, 6.45) is 4.45. The Morgan fingerprint density at radius 1 is 1.00 bits per heavy atom. The van der Waals surface area contributed by atoms with Gasteiger partial charge >= 0.3 is 0 Å². The Labute approximate surface area is 192 Å². The van der Waals surface area contributed by atoms with Crippen molar-refractivity contribution in [2.45, 2.75) is 19.9 Å². The van der Waals surface area contributed by atoms with Crippen LogP contribution in [0, 0.1) is 22.7 Å². The molecular formula is C28H22N4O. The van der Waals surface area contributed by atoms with E-state index in [-0.39, 0.29) is 5.57 Å². The molecule has 0 bridgehead atoms. The molecule has 160 valence electrons. The molecule has 1 N–H and O–H groups in total. The summed E-state index contributed by atoms with van der Waals surface area (Å²) in [5.41, 5.74) is 5.11. The van der Waals surface area contributed by atoms with Crippen molar-refractivity contribution in [2.75, 3.05) is 5.32 Å². The monoisotopic (exact) mass is 430 g/mol. The van der Waals surface area contributed by atoms with Gasteiger partial charge in [0.05, 0.1) is 11.6 Å². The van der Waals surface area contributed by atoms with E-state index in [9.17, 15) is 15.3 Å². The summed E-state index contributed by atoms with van der Waals surface area (Å²) < 4.78 is 2.04. The maximum atomic E-state index is 12.8. The number of benzene rings is 3. The first kappa shape index (κ1) is 21.6. The van der Waals surface area contributed by atoms with E-state index in [1.54, 1.807) is 12.1 Å². The zero-order valence-electron chi connectivity index (χ0n) is 18.2. The van der Waals surface area contributed by atoms with Gasteiger partial charge < -0.3 is 9.88 Å². The van der Waals surface area contributed by atoms with Crippen LogP contribution < -0.4 is 5.32 Å². The largest absolute Gasteiger partial charge is 0.342 e. The SMILES string of the molecule is CCc1ccc(NC(=O)C(C#N)=Cc2cn(Cc3ccccc3C#N)c3ccccc23)cc1. The lowest BCUT2D eigenvalue weighted by Crippen LogP contribution is -2.13. The van der Waals surface area contributed by atoms with Crippen LogP contribution in [0.4, 0.5) is 5.69 Å². The van der Waals surface area contributed by atoms with Gasteiger partial charge in [-0.15, -0.1) is 0 Å². The van der Waals surface area contributed by atoms with Crippen molar-refractivity contribution in [2.24, 2.45) is 0 Å². The van der Waals surface area contributed by atoms with E-state index in [1.807, 2.05) is 83.6 Å². The summed E-state index contributed by atoms with van der Waals surface area (Å²) >= 11 is 0. The number of nitriles is 2. The summed E-state index contributed by atoms with van der Waals surface area (Å²) in [5, 5.41) is 22.8. The predicted molar refractivity (Wildman–Crippen MR) is 130 cm³/mol. The molecule has 1 amide bonds. The lowest BCUT2D eigenvalue weighted by Gasteiger charge is -2.07. The molecule has 0 saturated carbocycles. The van der Waals surface area contributed by atoms with E-state index in [0.29, 0.717) is 17.8 Å². The average molecular weight is 431 g/mol. The minimum absolute atomic E-state index is 0.0231. The zero-order chi connectivity index (χ0) is 23.2. The van der Waals surface area contributed by atoms with Crippen molar-refractivity contribution in [1.82, 2.24) is 4.57 Å². The molecule has 4 aromatic rings. The maximum absolute atomic E-state index is 12.8. The molecule has 5 heteroatoms. The smallest absolute Gasteiger partial charge is 0.266 e. The molecule has 5 nitrogen and oxygen atoms in total. The minimum Gasteiger partial charge on any atom is -0.342 e. The van der Waals surface area contributed by atoms with Crippen molar-refractivity contribution in [3.8, 4) is 12.1 Å². The highest BCUT2D eigenvalue weighted by molar-refractivity contribution is 6.10. The van der Waals surface area contributed by atoms with E-state index in [4.69, 9.17) is 0 Å². The van der Waals surface area contributed by atoms with Crippen LogP contribution in [0.5, 0.6) is 0 Å². The minimum atomic E-state index is -0.451. The number of rotatable bonds is 6. The number of para-hydroxylation sites is 1. The third-order valence-electron chi connectivity index (χ3n) is 5.58. The molecule has 0 radical (unpaired) electrons. The van der Waals surface area contributed by atoms with Crippen molar-refractivity contribution in [3.05, 3.63) is 107 Å². The van der Waals surface area contributed by atoms with Crippen LogP contribution >= 0.6 is 0 Å². The summed E-state index contributed by atoms with van der Waals surface area (Å²) in [7, 11) is 0. The number of fused-ring (bicyclic) bond motifs is 1. The number of anilines is 1. The number of aromatic nitrogens is 1. The van der Waals surface area contributed by atoms with Crippen LogP contribution in [0.3, 0.4) is 0 Å². The molecule has 0 aliphatic rings. The zero-order valence-corrected chi connectivity index (χ0v) is 18.2. The Hall–Kier alpha value is -4.61. The quantitative estimate of drug-likeness (QED) is 0.316. The first-order valence-corrected chi connectivity index (χ1v) is 10.7. The van der Waals surface area contributed by atoms with Crippen LogP contribution in [0.1, 0.15) is 29.2 Å². The van der Waals surface area contributed by atoms with Crippen molar-refractivity contribution in [3.63, 3.8) is 0 Å². The van der Waals surface area contributed by atoms with E-state index in [0.717, 1.165) is 28.5 Å². The van der Waals surface area contributed by atoms with Crippen LogP contribution in [-0.2, 0) is 17.8 Å². The van der Waals surface area contributed by atoms with Crippen molar-refractivity contribution >= 4 is 28.6 Å². The molecule has 0 aliphatic carbocycles. The van der Waals surface area contributed by atoms with Crippen molar-refractivity contribution in [1.29, 1.82) is 10.5 Å². The van der Waals surface area contributed by atoms with Crippen LogP contribution in [0.15, 0.2) is 84.6 Å². The number of carbonyl (C=O) groups is 1. The first-order chi connectivity index (χ1) is 16.1. The summed E-state index contributed by atoms with van der Waals surface area (Å²) in [6, 6.07) is 27.2. The van der Waals surface area contributed by atoms with E-state index >= 15 is 0 Å². The lowest BCUT2D eigenvalue weighted by atomic mass is 10.1. The Bertz CT molecular complexity index is 1430. The Kier molecular flexibility index (Phi) is 6.34. The van der Waals surface area contributed by atoms with Gasteiger partial charge in [0.25, 0.3) is 5.91 Å². The number of hydrogen-bond acceptors (Lipinski definition) is 3. The molecule has 3 aromatic carbocycles. The number of hydrogen-bond donors (Lipinski definition) is 1. The average Bonchev–Trinajstić information content (AvgIpc) is 3.20. The second kappa shape index (κ2) is 9.68. The highest BCUT2D eigenvalue weighted by atomic mass is 16.1. The molecule has 0 unspecified atom stereocenters. The Balaban J connectivity index is 1.67. The maximum Gasteiger partial charge on any atom is 0.266 e. The number of amides is 1. The van der Waals surface area contributed by atoms with Gasteiger partial charge in [-0.05, 0) is 47.9 Å². The summed E-state index contributed by atoms with van der Waals surface area (Å²) in [6.45, 7) is 2.58. The summed E-state index contributed by atoms with van der Waals surface area (Å²) in [5.74, 6) is -0.451. The lowest BCUT2D eigenvalue weighted by molar-refractivity contribution is -0.112. The number of aryl methyl sites for hydroxylation is 1. The van der Waals surface area contributed by atoms with Crippen LogP contribution in [-0.4, -0.2) is 10.5 Å². The summed E-state index contributed by atoms with van der Waals surface area (Å²) in [4.78, 5) is 12.8. The second-order valence-electron chi connectivity index (χ2n) is 7.67. The molecule has 33 heavy (non-hydrogen) atoms. The van der Waals surface area contributed by atoms with Crippen LogP contribution in [0.2, 0.25) is 0 Å². The van der Waals surface area contributed by atoms with Gasteiger partial charge in [-0.3, -0.25) is 4.79 Å². The third-order valence-corrected chi connectivity index (χ3v) is 5.58. The van der Waals surface area contributed by atoms with Gasteiger partial charge in [-0.25, -0.2) is 0 Å². The number of nitrogens with one attached hydrogen (secondary N) is 1. The normalized spacial score (nSPS) is 11.1. The highest BCUT2D eigenvalue weighted by Crippen LogP contribution is 2.25. The topological polar surface area (TPSA) is 81.6 Å². The molecule has 0 saturated heterocycles. The predicted octanol–water partition coefficient (Wildman–Crippen LogP) is 5.67. The molecule has 1 heterocycles. The van der Waals surface area contributed by atoms with Gasteiger partial charge in [0.15, 0.2) is 0 Å². The molecular weight excluding hydrogens is 408 g/mol. The number of nitrogens with zero attached hydrogens (tertiary/aromatic N) is 3. The van der Waals surface area contributed by atoms with Crippen molar-refractivity contribution < 1.29 is 4.79 Å². The second-order valence-corrected chi connectivity index (χ2v) is 7.67. The molecule has 0 aliphatic heterocycles. The Morgan fingerprint density at radius 2 is 1.73 bits per heavy atom. The van der Waals surface area contributed by atoms with Crippen LogP contribution in [0.25, 0.3) is 17.0 Å². The van der Waals surface area contributed by atoms with E-state index in [2.05, 4.69) is 18.3 Å². The molecule has 4 rings (SSSR count). The molecule has 1 aromatic heterocycles. The third kappa shape index (κ3) is 4.69. The first-order valence-electron chi connectivity index (χ1n) is 10.7. The van der Waals surface area contributed by atoms with E-state index < -0.39 is 5.91 Å². The van der Waals surface area contributed by atoms with Gasteiger partial charge in [0.1, 0.15) is 11.6 Å². The molecule has 0 fully saturated rings. The standard InChI is InChI=1S/C28H22N4O/c1-2-20-11-13-25(14-12-20)31-28(33)23(17-30)15-24-19-32(27-10-6-5-9-26(24)27)18-22-8-4-3-7-21(22)16-29/h3-15,19H,2,18H2,1H3,(H,31,33). The number of carbonyl (C=O) groups excluding carboxylic acids is 1. The van der Waals surface area contributed by atoms with Gasteiger partial charge in [0.2, 0.25) is 0 Å². The van der Waals surface area contributed by atoms with Gasteiger partial charge in [0, 0.05) is 34.9 Å². The highest BCUT2D eigenvalue weighted by Gasteiger charge is 2.14. The fraction of sp³-hybridized carbons (Fsp3) is 0.107. The molecule has 0 atom stereocenters. The fourth-order valence-corrected chi connectivity index (χ4v) is 3.80. The molecule has 0 spiro atoms. The van der Waals surface area contributed by atoms with Gasteiger partial charge in [-0.1, -0.05) is 55.5 Å². The van der Waals surface area contributed by atoms with E-state index in [1.165, 1.54) is 5.56 Å².